The average molecular weight is 223 g/mol. The zero-order valence-electron chi connectivity index (χ0n) is 8.82. The van der Waals surface area contributed by atoms with E-state index in [0.717, 1.165) is 16.5 Å². The molecule has 0 radical (unpaired) electrons. The number of hydrogen-bond acceptors (Lipinski definition) is 2. The van der Waals surface area contributed by atoms with Crippen LogP contribution in [0.25, 0.3) is 20.9 Å². The van der Waals surface area contributed by atoms with Crippen molar-refractivity contribution >= 4 is 32.2 Å². The third-order valence-electron chi connectivity index (χ3n) is 2.94. The van der Waals surface area contributed by atoms with Gasteiger partial charge in [0.05, 0.1) is 5.56 Å². The average Bonchev–Trinajstić information content (AvgIpc) is 2.76. The Morgan fingerprint density at radius 1 is 1.06 bits per heavy atom. The van der Waals surface area contributed by atoms with Crippen LogP contribution in [0.3, 0.4) is 0 Å². The van der Waals surface area contributed by atoms with Crippen molar-refractivity contribution in [2.75, 3.05) is 0 Å². The molecule has 0 spiro atoms. The first-order valence-corrected chi connectivity index (χ1v) is 5.99. The molecule has 3 rings (SSSR count). The van der Waals surface area contributed by atoms with Crippen LogP contribution < -0.4 is 0 Å². The predicted molar refractivity (Wildman–Crippen MR) is 68.8 cm³/mol. The Morgan fingerprint density at radius 2 is 1.88 bits per heavy atom. The molecule has 0 aliphatic heterocycles. The highest BCUT2D eigenvalue weighted by molar-refractivity contribution is 7.18. The highest BCUT2D eigenvalue weighted by Gasteiger charge is 2.07. The summed E-state index contributed by atoms with van der Waals surface area (Å²) in [5.74, 6) is 0. The summed E-state index contributed by atoms with van der Waals surface area (Å²) in [6, 6.07) is 12.7. The Bertz CT molecular complexity index is 731. The number of aryl methyl sites for hydroxylation is 1. The van der Waals surface area contributed by atoms with E-state index in [-0.39, 0.29) is 0 Å². The molecule has 0 aliphatic carbocycles. The maximum absolute atomic E-state index is 9.19. The van der Waals surface area contributed by atoms with Gasteiger partial charge in [-0.2, -0.15) is 5.26 Å². The topological polar surface area (TPSA) is 23.8 Å². The number of rotatable bonds is 0. The van der Waals surface area contributed by atoms with E-state index < -0.39 is 0 Å². The number of nitriles is 1. The first-order valence-electron chi connectivity index (χ1n) is 5.11. The molecule has 2 aromatic carbocycles. The molecule has 0 amide bonds. The number of fused-ring (bicyclic) bond motifs is 3. The van der Waals surface area contributed by atoms with Crippen LogP contribution in [0, 0.1) is 18.3 Å². The zero-order valence-corrected chi connectivity index (χ0v) is 9.64. The highest BCUT2D eigenvalue weighted by atomic mass is 32.1. The van der Waals surface area contributed by atoms with Gasteiger partial charge in [-0.05, 0) is 29.3 Å². The first-order chi connectivity index (χ1) is 7.81. The van der Waals surface area contributed by atoms with E-state index in [1.54, 1.807) is 11.3 Å². The summed E-state index contributed by atoms with van der Waals surface area (Å²) in [6.07, 6.45) is 0. The van der Waals surface area contributed by atoms with E-state index in [9.17, 15) is 5.26 Å². The van der Waals surface area contributed by atoms with Gasteiger partial charge < -0.3 is 0 Å². The number of thiophene rings is 1. The highest BCUT2D eigenvalue weighted by Crippen LogP contribution is 2.32. The van der Waals surface area contributed by atoms with E-state index in [0.29, 0.717) is 0 Å². The largest absolute Gasteiger partial charge is 0.192 e. The number of benzene rings is 2. The molecule has 3 aromatic rings. The molecule has 1 nitrogen and oxygen atoms in total. The standard InChI is InChI=1S/C14H9NS/c1-9-2-4-12-11(13(9)8-15)5-3-10-6-7-16-14(10)12/h2-7H,1H3. The SMILES string of the molecule is Cc1ccc2c(ccc3ccsc32)c1C#N. The molecule has 2 heteroatoms. The third-order valence-corrected chi connectivity index (χ3v) is 3.90. The summed E-state index contributed by atoms with van der Waals surface area (Å²) in [7, 11) is 0. The minimum Gasteiger partial charge on any atom is -0.192 e. The molecule has 0 atom stereocenters. The van der Waals surface area contributed by atoms with Gasteiger partial charge in [-0.15, -0.1) is 11.3 Å². The molecule has 1 heterocycles. The fourth-order valence-corrected chi connectivity index (χ4v) is 3.02. The zero-order chi connectivity index (χ0) is 11.1. The van der Waals surface area contributed by atoms with Gasteiger partial charge in [0.15, 0.2) is 0 Å². The summed E-state index contributed by atoms with van der Waals surface area (Å²) in [5.41, 5.74) is 1.85. The minimum absolute atomic E-state index is 0.799. The van der Waals surface area contributed by atoms with Crippen molar-refractivity contribution in [3.63, 3.8) is 0 Å². The Balaban J connectivity index is 2.60. The summed E-state index contributed by atoms with van der Waals surface area (Å²) in [4.78, 5) is 0. The lowest BCUT2D eigenvalue weighted by atomic mass is 10.00. The Kier molecular flexibility index (Phi) is 1.95. The number of nitrogens with zero attached hydrogens (tertiary/aromatic N) is 1. The molecule has 0 unspecified atom stereocenters. The summed E-state index contributed by atoms with van der Waals surface area (Å²) in [6.45, 7) is 1.98. The van der Waals surface area contributed by atoms with Crippen LogP contribution in [0.4, 0.5) is 0 Å². The molecular formula is C14H9NS. The van der Waals surface area contributed by atoms with E-state index >= 15 is 0 Å². The normalized spacial score (nSPS) is 10.8. The van der Waals surface area contributed by atoms with Crippen LogP contribution >= 0.6 is 11.3 Å². The van der Waals surface area contributed by atoms with Gasteiger partial charge in [-0.3, -0.25) is 0 Å². The fourth-order valence-electron chi connectivity index (χ4n) is 2.09. The maximum atomic E-state index is 9.19. The second-order valence-corrected chi connectivity index (χ2v) is 4.79. The van der Waals surface area contributed by atoms with Gasteiger partial charge in [0, 0.05) is 15.5 Å². The molecule has 76 valence electrons. The van der Waals surface area contributed by atoms with E-state index in [2.05, 4.69) is 35.7 Å². The quantitative estimate of drug-likeness (QED) is 0.559. The van der Waals surface area contributed by atoms with Crippen molar-refractivity contribution in [2.24, 2.45) is 0 Å². The summed E-state index contributed by atoms with van der Waals surface area (Å²) < 4.78 is 1.27. The van der Waals surface area contributed by atoms with Gasteiger partial charge in [-0.1, -0.05) is 24.3 Å². The second-order valence-electron chi connectivity index (χ2n) is 3.87. The summed E-state index contributed by atoms with van der Waals surface area (Å²) >= 11 is 1.73. The second kappa shape index (κ2) is 3.33. The lowest BCUT2D eigenvalue weighted by Gasteiger charge is -2.04. The third kappa shape index (κ3) is 1.16. The van der Waals surface area contributed by atoms with Crippen LogP contribution in [0.15, 0.2) is 35.7 Å². The molecule has 0 saturated carbocycles. The molecule has 0 fully saturated rings. The first kappa shape index (κ1) is 9.38. The Hall–Kier alpha value is -1.85. The van der Waals surface area contributed by atoms with Crippen molar-refractivity contribution < 1.29 is 0 Å². The lowest BCUT2D eigenvalue weighted by Crippen LogP contribution is -1.84. The van der Waals surface area contributed by atoms with E-state index in [4.69, 9.17) is 0 Å². The van der Waals surface area contributed by atoms with E-state index in [1.807, 2.05) is 13.0 Å². The van der Waals surface area contributed by atoms with Crippen LogP contribution in [0.1, 0.15) is 11.1 Å². The van der Waals surface area contributed by atoms with Crippen LogP contribution in [-0.2, 0) is 0 Å². The van der Waals surface area contributed by atoms with E-state index in [1.165, 1.54) is 15.5 Å². The Morgan fingerprint density at radius 3 is 2.69 bits per heavy atom. The molecule has 1 aromatic heterocycles. The van der Waals surface area contributed by atoms with Crippen LogP contribution in [-0.4, -0.2) is 0 Å². The van der Waals surface area contributed by atoms with Gasteiger partial charge >= 0.3 is 0 Å². The van der Waals surface area contributed by atoms with Gasteiger partial charge in [0.1, 0.15) is 6.07 Å². The van der Waals surface area contributed by atoms with Crippen LogP contribution in [0.5, 0.6) is 0 Å². The molecule has 0 bridgehead atoms. The van der Waals surface area contributed by atoms with Crippen LogP contribution in [0.2, 0.25) is 0 Å². The lowest BCUT2D eigenvalue weighted by molar-refractivity contribution is 1.43. The molecule has 0 aliphatic rings. The molecular weight excluding hydrogens is 214 g/mol. The van der Waals surface area contributed by atoms with Gasteiger partial charge in [0.2, 0.25) is 0 Å². The van der Waals surface area contributed by atoms with Gasteiger partial charge in [-0.25, -0.2) is 0 Å². The van der Waals surface area contributed by atoms with Crippen molar-refractivity contribution in [1.82, 2.24) is 0 Å². The predicted octanol–water partition coefficient (Wildman–Crippen LogP) is 4.23. The minimum atomic E-state index is 0.799. The Labute approximate surface area is 97.6 Å². The monoisotopic (exact) mass is 223 g/mol. The summed E-state index contributed by atoms with van der Waals surface area (Å²) in [5, 5.41) is 14.8. The molecule has 0 saturated heterocycles. The fraction of sp³-hybridized carbons (Fsp3) is 0.0714. The van der Waals surface area contributed by atoms with Gasteiger partial charge in [0.25, 0.3) is 0 Å². The molecule has 16 heavy (non-hydrogen) atoms. The van der Waals surface area contributed by atoms with Crippen molar-refractivity contribution in [1.29, 1.82) is 5.26 Å². The van der Waals surface area contributed by atoms with Crippen molar-refractivity contribution in [2.45, 2.75) is 6.92 Å². The smallest absolute Gasteiger partial charge is 0.100 e. The maximum Gasteiger partial charge on any atom is 0.100 e. The van der Waals surface area contributed by atoms with Crippen molar-refractivity contribution in [3.05, 3.63) is 46.8 Å². The molecule has 0 N–H and O–H groups in total. The van der Waals surface area contributed by atoms with Crippen molar-refractivity contribution in [3.8, 4) is 6.07 Å². The number of hydrogen-bond donors (Lipinski definition) is 0.